The molecule has 1 atom stereocenters. The van der Waals surface area contributed by atoms with Crippen molar-refractivity contribution < 1.29 is 4.74 Å². The van der Waals surface area contributed by atoms with E-state index in [2.05, 4.69) is 56.4 Å². The topological polar surface area (TPSA) is 21.3 Å². The summed E-state index contributed by atoms with van der Waals surface area (Å²) in [5.41, 5.74) is 1.35. The van der Waals surface area contributed by atoms with Gasteiger partial charge in [0.25, 0.3) is 0 Å². The van der Waals surface area contributed by atoms with E-state index in [4.69, 9.17) is 4.74 Å². The molecule has 1 aromatic rings. The molecule has 0 saturated heterocycles. The first-order valence-electron chi connectivity index (χ1n) is 6.64. The van der Waals surface area contributed by atoms with E-state index in [1.807, 2.05) is 0 Å². The van der Waals surface area contributed by atoms with Crippen molar-refractivity contribution in [1.29, 1.82) is 0 Å². The lowest BCUT2D eigenvalue weighted by molar-refractivity contribution is 0.0715. The van der Waals surface area contributed by atoms with Crippen molar-refractivity contribution in [2.45, 2.75) is 45.8 Å². The van der Waals surface area contributed by atoms with E-state index in [1.54, 1.807) is 0 Å². The van der Waals surface area contributed by atoms with Gasteiger partial charge in [0.1, 0.15) is 0 Å². The first-order valence-corrected chi connectivity index (χ1v) is 6.64. The van der Waals surface area contributed by atoms with Crippen LogP contribution in [0.25, 0.3) is 0 Å². The molecule has 1 rings (SSSR count). The van der Waals surface area contributed by atoms with Crippen LogP contribution in [0.5, 0.6) is 0 Å². The van der Waals surface area contributed by atoms with Gasteiger partial charge in [-0.05, 0) is 38.8 Å². The fourth-order valence-corrected chi connectivity index (χ4v) is 1.81. The van der Waals surface area contributed by atoms with Crippen molar-refractivity contribution in [3.8, 4) is 0 Å². The second-order valence-corrected chi connectivity index (χ2v) is 4.63. The van der Waals surface area contributed by atoms with Crippen LogP contribution in [-0.4, -0.2) is 19.3 Å². The molecule has 0 bridgehead atoms. The summed E-state index contributed by atoms with van der Waals surface area (Å²) in [4.78, 5) is 0. The summed E-state index contributed by atoms with van der Waals surface area (Å²) in [7, 11) is 0. The molecule has 17 heavy (non-hydrogen) atoms. The van der Waals surface area contributed by atoms with Crippen LogP contribution in [0.15, 0.2) is 30.3 Å². The molecule has 0 heterocycles. The van der Waals surface area contributed by atoms with Crippen molar-refractivity contribution in [2.75, 3.05) is 13.2 Å². The number of nitrogens with one attached hydrogen (secondary N) is 1. The van der Waals surface area contributed by atoms with Gasteiger partial charge in [-0.1, -0.05) is 37.3 Å². The van der Waals surface area contributed by atoms with Gasteiger partial charge in [0.2, 0.25) is 0 Å². The van der Waals surface area contributed by atoms with Gasteiger partial charge in [0.05, 0.1) is 6.10 Å². The molecule has 0 radical (unpaired) electrons. The van der Waals surface area contributed by atoms with Crippen molar-refractivity contribution >= 4 is 0 Å². The van der Waals surface area contributed by atoms with Gasteiger partial charge in [-0.2, -0.15) is 0 Å². The normalized spacial score (nSPS) is 12.9. The molecular formula is C15H25NO. The molecule has 2 nitrogen and oxygen atoms in total. The number of hydrogen-bond donors (Lipinski definition) is 1. The zero-order valence-electron chi connectivity index (χ0n) is 11.3. The van der Waals surface area contributed by atoms with E-state index >= 15 is 0 Å². The molecule has 2 heteroatoms. The molecule has 1 N–H and O–H groups in total. The van der Waals surface area contributed by atoms with Crippen molar-refractivity contribution in [3.05, 3.63) is 35.9 Å². The summed E-state index contributed by atoms with van der Waals surface area (Å²) >= 11 is 0. The largest absolute Gasteiger partial charge is 0.379 e. The lowest BCUT2D eigenvalue weighted by Gasteiger charge is -2.19. The monoisotopic (exact) mass is 235 g/mol. The molecule has 0 saturated carbocycles. The number of benzene rings is 1. The Morgan fingerprint density at radius 3 is 2.47 bits per heavy atom. The van der Waals surface area contributed by atoms with Gasteiger partial charge in [-0.25, -0.2) is 0 Å². The maximum absolute atomic E-state index is 5.63. The van der Waals surface area contributed by atoms with Crippen LogP contribution >= 0.6 is 0 Å². The molecule has 0 aliphatic rings. The zero-order valence-corrected chi connectivity index (χ0v) is 11.3. The van der Waals surface area contributed by atoms with Crippen LogP contribution in [-0.2, 0) is 4.74 Å². The van der Waals surface area contributed by atoms with Gasteiger partial charge in [0.15, 0.2) is 0 Å². The first-order chi connectivity index (χ1) is 8.24. The van der Waals surface area contributed by atoms with Gasteiger partial charge in [-0.3, -0.25) is 0 Å². The maximum Gasteiger partial charge on any atom is 0.0518 e. The Kier molecular flexibility index (Phi) is 6.90. The Morgan fingerprint density at radius 1 is 1.18 bits per heavy atom. The SMILES string of the molecule is CCCNC(CCOC(C)C)c1ccccc1. The molecule has 1 unspecified atom stereocenters. The zero-order chi connectivity index (χ0) is 12.5. The van der Waals surface area contributed by atoms with Crippen LogP contribution in [0.1, 0.15) is 45.2 Å². The number of hydrogen-bond acceptors (Lipinski definition) is 2. The standard InChI is InChI=1S/C15H25NO/c1-4-11-16-15(10-12-17-13(2)3)14-8-6-5-7-9-14/h5-9,13,15-16H,4,10-12H2,1-3H3. The molecule has 0 fully saturated rings. The summed E-state index contributed by atoms with van der Waals surface area (Å²) < 4.78 is 5.63. The van der Waals surface area contributed by atoms with E-state index < -0.39 is 0 Å². The Hall–Kier alpha value is -0.860. The van der Waals surface area contributed by atoms with Gasteiger partial charge < -0.3 is 10.1 Å². The second-order valence-electron chi connectivity index (χ2n) is 4.63. The van der Waals surface area contributed by atoms with Crippen LogP contribution < -0.4 is 5.32 Å². The molecule has 0 amide bonds. The van der Waals surface area contributed by atoms with Crippen LogP contribution in [0, 0.1) is 0 Å². The van der Waals surface area contributed by atoms with E-state index in [0.717, 1.165) is 26.0 Å². The third kappa shape index (κ3) is 5.85. The van der Waals surface area contributed by atoms with E-state index in [0.29, 0.717) is 12.1 Å². The maximum atomic E-state index is 5.63. The van der Waals surface area contributed by atoms with Crippen LogP contribution in [0.3, 0.4) is 0 Å². The first kappa shape index (κ1) is 14.2. The minimum absolute atomic E-state index is 0.317. The fraction of sp³-hybridized carbons (Fsp3) is 0.600. The predicted molar refractivity (Wildman–Crippen MR) is 73.2 cm³/mol. The third-order valence-electron chi connectivity index (χ3n) is 2.70. The lowest BCUT2D eigenvalue weighted by Crippen LogP contribution is -2.24. The molecule has 0 aliphatic carbocycles. The van der Waals surface area contributed by atoms with Gasteiger partial charge in [-0.15, -0.1) is 0 Å². The highest BCUT2D eigenvalue weighted by molar-refractivity contribution is 5.18. The molecule has 96 valence electrons. The Balaban J connectivity index is 2.48. The predicted octanol–water partition coefficient (Wildman–Crippen LogP) is 3.54. The number of rotatable bonds is 8. The minimum Gasteiger partial charge on any atom is -0.379 e. The summed E-state index contributed by atoms with van der Waals surface area (Å²) in [5, 5.41) is 3.58. The van der Waals surface area contributed by atoms with Crippen molar-refractivity contribution in [2.24, 2.45) is 0 Å². The average molecular weight is 235 g/mol. The molecule has 1 aromatic carbocycles. The van der Waals surface area contributed by atoms with E-state index in [-0.39, 0.29) is 0 Å². The fourth-order valence-electron chi connectivity index (χ4n) is 1.81. The molecule has 0 aliphatic heterocycles. The Morgan fingerprint density at radius 2 is 1.88 bits per heavy atom. The quantitative estimate of drug-likeness (QED) is 0.744. The van der Waals surface area contributed by atoms with Gasteiger partial charge >= 0.3 is 0 Å². The van der Waals surface area contributed by atoms with Crippen molar-refractivity contribution in [1.82, 2.24) is 5.32 Å². The second kappa shape index (κ2) is 8.26. The Bertz CT molecular complexity index is 284. The van der Waals surface area contributed by atoms with Crippen LogP contribution in [0.2, 0.25) is 0 Å². The van der Waals surface area contributed by atoms with Crippen LogP contribution in [0.4, 0.5) is 0 Å². The highest BCUT2D eigenvalue weighted by atomic mass is 16.5. The third-order valence-corrected chi connectivity index (χ3v) is 2.70. The minimum atomic E-state index is 0.317. The summed E-state index contributed by atoms with van der Waals surface area (Å²) in [6, 6.07) is 11.0. The smallest absolute Gasteiger partial charge is 0.0518 e. The molecule has 0 spiro atoms. The molecule has 0 aromatic heterocycles. The van der Waals surface area contributed by atoms with E-state index in [1.165, 1.54) is 5.56 Å². The summed E-state index contributed by atoms with van der Waals surface area (Å²) in [5.74, 6) is 0. The summed E-state index contributed by atoms with van der Waals surface area (Å²) in [6.07, 6.45) is 2.51. The average Bonchev–Trinajstić information content (AvgIpc) is 2.34. The lowest BCUT2D eigenvalue weighted by atomic mass is 10.0. The number of ether oxygens (including phenoxy) is 1. The highest BCUT2D eigenvalue weighted by Gasteiger charge is 2.10. The van der Waals surface area contributed by atoms with Gasteiger partial charge in [0, 0.05) is 12.6 Å². The van der Waals surface area contributed by atoms with Crippen molar-refractivity contribution in [3.63, 3.8) is 0 Å². The van der Waals surface area contributed by atoms with E-state index in [9.17, 15) is 0 Å². The highest BCUT2D eigenvalue weighted by Crippen LogP contribution is 2.16. The summed E-state index contributed by atoms with van der Waals surface area (Å²) in [6.45, 7) is 8.23. The molecular weight excluding hydrogens is 210 g/mol. The Labute approximate surface area is 105 Å².